The largest absolute Gasteiger partial charge is 0.279 e. The number of aromatic nitrogens is 2. The maximum atomic E-state index is 4.66. The van der Waals surface area contributed by atoms with E-state index in [4.69, 9.17) is 0 Å². The second-order valence-electron chi connectivity index (χ2n) is 13.4. The molecule has 0 spiro atoms. The van der Waals surface area contributed by atoms with Crippen LogP contribution in [0.15, 0.2) is 200 Å². The number of rotatable bonds is 6. The van der Waals surface area contributed by atoms with Crippen LogP contribution >= 0.6 is 0 Å². The summed E-state index contributed by atoms with van der Waals surface area (Å²) in [6.45, 7) is 0. The molecule has 0 fully saturated rings. The highest BCUT2D eigenvalue weighted by Crippen LogP contribution is 2.46. The molecule has 0 unspecified atom stereocenters. The third-order valence-electron chi connectivity index (χ3n) is 10.3. The Balaban J connectivity index is 1.19. The minimum atomic E-state index is 0.817. The van der Waals surface area contributed by atoms with Gasteiger partial charge in [-0.05, 0) is 131 Å². The van der Waals surface area contributed by atoms with Crippen LogP contribution in [0.5, 0.6) is 0 Å². The molecule has 10 rings (SSSR count). The topological polar surface area (TPSA) is 29.0 Å². The van der Waals surface area contributed by atoms with Gasteiger partial charge < -0.3 is 0 Å². The average Bonchev–Trinajstić information content (AvgIpc) is 3.23. The van der Waals surface area contributed by atoms with E-state index in [-0.39, 0.29) is 0 Å². The zero-order chi connectivity index (χ0) is 35.1. The van der Waals surface area contributed by atoms with Crippen molar-refractivity contribution in [2.45, 2.75) is 0 Å². The van der Waals surface area contributed by atoms with Crippen molar-refractivity contribution in [3.8, 4) is 33.4 Å². The van der Waals surface area contributed by atoms with Gasteiger partial charge in [0.15, 0.2) is 0 Å². The molecule has 0 aliphatic rings. The van der Waals surface area contributed by atoms with Gasteiger partial charge >= 0.3 is 0 Å². The third-order valence-corrected chi connectivity index (χ3v) is 10.3. The lowest BCUT2D eigenvalue weighted by Crippen LogP contribution is -2.12. The summed E-state index contributed by atoms with van der Waals surface area (Å²) in [6.07, 6.45) is 3.63. The Labute approximate surface area is 308 Å². The normalized spacial score (nSPS) is 11.4. The van der Waals surface area contributed by atoms with E-state index in [1.807, 2.05) is 48.8 Å². The summed E-state index contributed by atoms with van der Waals surface area (Å²) < 4.78 is 0. The van der Waals surface area contributed by atoms with Crippen molar-refractivity contribution in [1.29, 1.82) is 0 Å². The van der Waals surface area contributed by atoms with E-state index in [1.165, 1.54) is 65.3 Å². The zero-order valence-corrected chi connectivity index (χ0v) is 28.9. The maximum absolute atomic E-state index is 4.66. The van der Waals surface area contributed by atoms with E-state index >= 15 is 0 Å². The molecule has 3 nitrogen and oxygen atoms in total. The highest BCUT2D eigenvalue weighted by atomic mass is 15.2. The number of nitrogens with zero attached hydrogens (tertiary/aromatic N) is 3. The van der Waals surface area contributed by atoms with Crippen LogP contribution in [0.25, 0.3) is 76.5 Å². The van der Waals surface area contributed by atoms with Crippen molar-refractivity contribution in [2.75, 3.05) is 4.90 Å². The summed E-state index contributed by atoms with van der Waals surface area (Å²) >= 11 is 0. The highest BCUT2D eigenvalue weighted by Gasteiger charge is 2.19. The molecule has 0 saturated heterocycles. The minimum Gasteiger partial charge on any atom is -0.279 e. The summed E-state index contributed by atoms with van der Waals surface area (Å²) in [5, 5.41) is 9.91. The number of anilines is 3. The van der Waals surface area contributed by atoms with Gasteiger partial charge in [0.2, 0.25) is 0 Å². The quantitative estimate of drug-likeness (QED) is 0.164. The molecule has 0 amide bonds. The average molecular weight is 676 g/mol. The van der Waals surface area contributed by atoms with E-state index in [0.717, 1.165) is 28.5 Å². The van der Waals surface area contributed by atoms with Gasteiger partial charge in [-0.2, -0.15) is 0 Å². The van der Waals surface area contributed by atoms with Crippen molar-refractivity contribution in [3.63, 3.8) is 0 Å². The lowest BCUT2D eigenvalue weighted by atomic mass is 9.84. The lowest BCUT2D eigenvalue weighted by Gasteiger charge is -2.23. The summed E-state index contributed by atoms with van der Waals surface area (Å²) in [5.41, 5.74) is 8.24. The summed E-state index contributed by atoms with van der Waals surface area (Å²) in [4.78, 5) is 11.4. The smallest absolute Gasteiger partial charge is 0.138 e. The molecule has 10 aromatic rings. The molecule has 2 heterocycles. The summed E-state index contributed by atoms with van der Waals surface area (Å²) in [6, 6.07) is 67.5. The predicted molar refractivity (Wildman–Crippen MR) is 223 cm³/mol. The number of benzene rings is 8. The fraction of sp³-hybridized carbons (Fsp3) is 0. The molecule has 0 aliphatic heterocycles. The van der Waals surface area contributed by atoms with Gasteiger partial charge in [0.05, 0.1) is 0 Å². The number of fused-ring (bicyclic) bond motifs is 4. The molecule has 0 radical (unpaired) electrons. The Morgan fingerprint density at radius 1 is 0.302 bits per heavy atom. The van der Waals surface area contributed by atoms with Crippen LogP contribution in [-0.4, -0.2) is 9.97 Å². The maximum Gasteiger partial charge on any atom is 0.138 e. The first-order valence-corrected chi connectivity index (χ1v) is 18.0. The van der Waals surface area contributed by atoms with Crippen LogP contribution in [0, 0.1) is 0 Å². The third kappa shape index (κ3) is 5.47. The van der Waals surface area contributed by atoms with Gasteiger partial charge in [-0.15, -0.1) is 0 Å². The van der Waals surface area contributed by atoms with Crippen molar-refractivity contribution < 1.29 is 0 Å². The van der Waals surface area contributed by atoms with Gasteiger partial charge in [-0.25, -0.2) is 9.97 Å². The Hall–Kier alpha value is -7.10. The molecule has 0 atom stereocenters. The van der Waals surface area contributed by atoms with E-state index in [2.05, 4.69) is 167 Å². The van der Waals surface area contributed by atoms with Crippen LogP contribution in [0.2, 0.25) is 0 Å². The molecule has 0 aliphatic carbocycles. The van der Waals surface area contributed by atoms with Crippen molar-refractivity contribution in [3.05, 3.63) is 200 Å². The SMILES string of the molecule is c1ccc(N(c2ccc(-c3ccc4c(-c5ccc6ccccc6c5)c5ccccc5c(-c5ccc6ccccc6c5)c4c3)cc2)c2ccccn2)nc1. The van der Waals surface area contributed by atoms with E-state index in [0.29, 0.717) is 0 Å². The fourth-order valence-electron chi connectivity index (χ4n) is 7.83. The van der Waals surface area contributed by atoms with Gasteiger partial charge in [0, 0.05) is 18.1 Å². The predicted octanol–water partition coefficient (Wildman–Crippen LogP) is 13.6. The van der Waals surface area contributed by atoms with Crippen LogP contribution in [-0.2, 0) is 0 Å². The second-order valence-corrected chi connectivity index (χ2v) is 13.4. The van der Waals surface area contributed by atoms with Crippen LogP contribution < -0.4 is 4.90 Å². The number of pyridine rings is 2. The van der Waals surface area contributed by atoms with Gasteiger partial charge in [-0.1, -0.05) is 133 Å². The van der Waals surface area contributed by atoms with Crippen LogP contribution in [0.1, 0.15) is 0 Å². The Kier molecular flexibility index (Phi) is 7.47. The molecular formula is C50H33N3. The van der Waals surface area contributed by atoms with Gasteiger partial charge in [0.25, 0.3) is 0 Å². The van der Waals surface area contributed by atoms with E-state index < -0.39 is 0 Å². The Morgan fingerprint density at radius 3 is 1.30 bits per heavy atom. The first kappa shape index (κ1) is 30.7. The molecule has 0 saturated carbocycles. The molecule has 3 heteroatoms. The number of hydrogen-bond acceptors (Lipinski definition) is 3. The molecule has 2 aromatic heterocycles. The second kappa shape index (κ2) is 12.9. The highest BCUT2D eigenvalue weighted by molar-refractivity contribution is 6.22. The number of hydrogen-bond donors (Lipinski definition) is 0. The first-order chi connectivity index (χ1) is 26.3. The van der Waals surface area contributed by atoms with E-state index in [1.54, 1.807) is 0 Å². The Bertz CT molecular complexity index is 2900. The molecular weight excluding hydrogens is 643 g/mol. The van der Waals surface area contributed by atoms with Crippen molar-refractivity contribution in [2.24, 2.45) is 0 Å². The monoisotopic (exact) mass is 675 g/mol. The molecule has 8 aromatic carbocycles. The van der Waals surface area contributed by atoms with E-state index in [9.17, 15) is 0 Å². The Morgan fingerprint density at radius 2 is 0.755 bits per heavy atom. The summed E-state index contributed by atoms with van der Waals surface area (Å²) in [5.74, 6) is 1.63. The van der Waals surface area contributed by atoms with Crippen LogP contribution in [0.4, 0.5) is 17.3 Å². The zero-order valence-electron chi connectivity index (χ0n) is 28.9. The lowest BCUT2D eigenvalue weighted by molar-refractivity contribution is 1.13. The van der Waals surface area contributed by atoms with Crippen molar-refractivity contribution in [1.82, 2.24) is 9.97 Å². The first-order valence-electron chi connectivity index (χ1n) is 18.0. The minimum absolute atomic E-state index is 0.817. The van der Waals surface area contributed by atoms with Crippen molar-refractivity contribution >= 4 is 60.4 Å². The molecule has 248 valence electrons. The fourth-order valence-corrected chi connectivity index (χ4v) is 7.83. The van der Waals surface area contributed by atoms with Gasteiger partial charge in [0.1, 0.15) is 11.6 Å². The standard InChI is InChI=1S/C50H33N3/c1-3-13-37-31-40(21-19-34(37)11-1)49-43-15-5-6-16-44(43)50(41-22-20-35-12-2-4-14-38(35)32-41)46-33-39(25-28-45(46)49)36-23-26-42(27-24-36)53(47-17-7-9-29-51-47)48-18-8-10-30-52-48/h1-33H. The molecule has 53 heavy (non-hydrogen) atoms. The molecule has 0 bridgehead atoms. The van der Waals surface area contributed by atoms with Crippen LogP contribution in [0.3, 0.4) is 0 Å². The van der Waals surface area contributed by atoms with Gasteiger partial charge in [-0.3, -0.25) is 4.90 Å². The summed E-state index contributed by atoms with van der Waals surface area (Å²) in [7, 11) is 0. The molecule has 0 N–H and O–H groups in total.